The lowest BCUT2D eigenvalue weighted by atomic mass is 10.1. The molecule has 6 heteroatoms. The summed E-state index contributed by atoms with van der Waals surface area (Å²) in [5.74, 6) is 0.607. The molecule has 23 heavy (non-hydrogen) atoms. The fourth-order valence-electron chi connectivity index (χ4n) is 2.33. The van der Waals surface area contributed by atoms with Crippen LogP contribution >= 0.6 is 27.5 Å². The van der Waals surface area contributed by atoms with Crippen LogP contribution in [0.15, 0.2) is 22.7 Å². The van der Waals surface area contributed by atoms with Crippen LogP contribution in [0.2, 0.25) is 5.02 Å². The summed E-state index contributed by atoms with van der Waals surface area (Å²) < 4.78 is 6.29. The summed E-state index contributed by atoms with van der Waals surface area (Å²) >= 11 is 9.69. The molecule has 1 aromatic rings. The third-order valence-electron chi connectivity index (χ3n) is 3.62. The van der Waals surface area contributed by atoms with Gasteiger partial charge in [0.05, 0.1) is 0 Å². The number of hydrogen-bond acceptors (Lipinski definition) is 3. The first-order valence-electron chi connectivity index (χ1n) is 7.89. The highest BCUT2D eigenvalue weighted by Crippen LogP contribution is 2.33. The lowest BCUT2D eigenvalue weighted by Gasteiger charge is -2.23. The van der Waals surface area contributed by atoms with Gasteiger partial charge >= 0.3 is 6.09 Å². The summed E-state index contributed by atoms with van der Waals surface area (Å²) in [5.41, 5.74) is 0.570. The first kappa shape index (κ1) is 18.6. The van der Waals surface area contributed by atoms with E-state index in [1.54, 1.807) is 0 Å². The van der Waals surface area contributed by atoms with Gasteiger partial charge in [-0.25, -0.2) is 4.79 Å². The molecule has 1 fully saturated rings. The summed E-state index contributed by atoms with van der Waals surface area (Å²) in [6.45, 7) is 6.82. The van der Waals surface area contributed by atoms with Crippen molar-refractivity contribution in [1.82, 2.24) is 10.6 Å². The van der Waals surface area contributed by atoms with E-state index in [0.29, 0.717) is 19.0 Å². The van der Waals surface area contributed by atoms with E-state index >= 15 is 0 Å². The van der Waals surface area contributed by atoms with Gasteiger partial charge in [-0.3, -0.25) is 0 Å². The van der Waals surface area contributed by atoms with Gasteiger partial charge in [0, 0.05) is 28.6 Å². The van der Waals surface area contributed by atoms with Crippen molar-refractivity contribution in [3.63, 3.8) is 0 Å². The number of carbonyl (C=O) groups excluding carboxylic acids is 1. The van der Waals surface area contributed by atoms with Gasteiger partial charge in [-0.15, -0.1) is 0 Å². The Morgan fingerprint density at radius 3 is 2.74 bits per heavy atom. The van der Waals surface area contributed by atoms with Crippen molar-refractivity contribution in [2.24, 2.45) is 5.92 Å². The highest BCUT2D eigenvalue weighted by molar-refractivity contribution is 9.10. The molecule has 0 bridgehead atoms. The zero-order valence-electron chi connectivity index (χ0n) is 13.8. The average molecular weight is 404 g/mol. The average Bonchev–Trinajstić information content (AvgIpc) is 3.25. The lowest BCUT2D eigenvalue weighted by Crippen LogP contribution is -2.43. The minimum atomic E-state index is -0.476. The van der Waals surface area contributed by atoms with E-state index in [2.05, 4.69) is 26.6 Å². The van der Waals surface area contributed by atoms with Gasteiger partial charge in [-0.1, -0.05) is 27.5 Å². The van der Waals surface area contributed by atoms with E-state index in [4.69, 9.17) is 16.3 Å². The van der Waals surface area contributed by atoms with Gasteiger partial charge in [0.25, 0.3) is 0 Å². The van der Waals surface area contributed by atoms with Gasteiger partial charge in [-0.05, 0) is 63.3 Å². The zero-order chi connectivity index (χ0) is 17.0. The summed E-state index contributed by atoms with van der Waals surface area (Å²) in [4.78, 5) is 11.8. The zero-order valence-corrected chi connectivity index (χ0v) is 16.1. The number of amides is 1. The Kier molecular flexibility index (Phi) is 6.34. The van der Waals surface area contributed by atoms with E-state index in [-0.39, 0.29) is 12.1 Å². The Morgan fingerprint density at radius 2 is 2.13 bits per heavy atom. The number of halogens is 2. The lowest BCUT2D eigenvalue weighted by molar-refractivity contribution is 0.0521. The number of hydrogen-bond donors (Lipinski definition) is 2. The molecule has 2 rings (SSSR count). The first-order valence-corrected chi connectivity index (χ1v) is 9.06. The van der Waals surface area contributed by atoms with Crippen LogP contribution in [0.5, 0.6) is 0 Å². The van der Waals surface area contributed by atoms with Gasteiger partial charge in [0.1, 0.15) is 5.60 Å². The highest BCUT2D eigenvalue weighted by Gasteiger charge is 2.31. The van der Waals surface area contributed by atoms with Crippen LogP contribution in [0.1, 0.15) is 39.2 Å². The van der Waals surface area contributed by atoms with Crippen molar-refractivity contribution < 1.29 is 9.53 Å². The Balaban J connectivity index is 1.85. The Hall–Kier alpha value is -0.780. The largest absolute Gasteiger partial charge is 0.444 e. The van der Waals surface area contributed by atoms with Gasteiger partial charge in [0.15, 0.2) is 0 Å². The maximum atomic E-state index is 11.8. The van der Waals surface area contributed by atoms with Crippen molar-refractivity contribution in [3.05, 3.63) is 33.3 Å². The normalized spacial score (nSPS) is 16.0. The third kappa shape index (κ3) is 6.69. The SMILES string of the molecule is CC(C)(C)OC(=O)NCC(NCc1cc(Br)ccc1Cl)C1CC1. The molecule has 0 spiro atoms. The van der Waals surface area contributed by atoms with E-state index in [1.165, 1.54) is 12.8 Å². The molecule has 4 nitrogen and oxygen atoms in total. The molecule has 0 saturated heterocycles. The molecular formula is C17H24BrClN2O2. The highest BCUT2D eigenvalue weighted by atomic mass is 79.9. The third-order valence-corrected chi connectivity index (χ3v) is 4.48. The van der Waals surface area contributed by atoms with Crippen molar-refractivity contribution in [3.8, 4) is 0 Å². The van der Waals surface area contributed by atoms with Gasteiger partial charge in [-0.2, -0.15) is 0 Å². The molecule has 0 radical (unpaired) electrons. The van der Waals surface area contributed by atoms with Crippen LogP contribution in [0.4, 0.5) is 4.79 Å². The number of ether oxygens (including phenoxy) is 1. The molecule has 1 amide bonds. The Bertz CT molecular complexity index is 556. The topological polar surface area (TPSA) is 50.4 Å². The van der Waals surface area contributed by atoms with Crippen molar-refractivity contribution >= 4 is 33.6 Å². The summed E-state index contributed by atoms with van der Waals surface area (Å²) in [6.07, 6.45) is 2.02. The van der Waals surface area contributed by atoms with Crippen LogP contribution in [0.3, 0.4) is 0 Å². The smallest absolute Gasteiger partial charge is 0.407 e. The Morgan fingerprint density at radius 1 is 1.43 bits per heavy atom. The molecule has 0 heterocycles. The minimum Gasteiger partial charge on any atom is -0.444 e. The van der Waals surface area contributed by atoms with Crippen molar-refractivity contribution in [1.29, 1.82) is 0 Å². The van der Waals surface area contributed by atoms with E-state index in [9.17, 15) is 4.79 Å². The van der Waals surface area contributed by atoms with Crippen LogP contribution in [-0.2, 0) is 11.3 Å². The summed E-state index contributed by atoms with van der Waals surface area (Å²) in [6, 6.07) is 6.06. The number of rotatable bonds is 6. The van der Waals surface area contributed by atoms with Crippen LogP contribution in [0.25, 0.3) is 0 Å². The van der Waals surface area contributed by atoms with Crippen molar-refractivity contribution in [2.75, 3.05) is 6.54 Å². The molecule has 0 aliphatic heterocycles. The molecule has 2 N–H and O–H groups in total. The molecule has 128 valence electrons. The molecular weight excluding hydrogens is 380 g/mol. The second-order valence-electron chi connectivity index (χ2n) is 6.94. The van der Waals surface area contributed by atoms with Gasteiger partial charge in [0.2, 0.25) is 0 Å². The minimum absolute atomic E-state index is 0.234. The number of carbonyl (C=O) groups is 1. The fourth-order valence-corrected chi connectivity index (χ4v) is 2.92. The predicted octanol–water partition coefficient (Wildman–Crippen LogP) is 4.50. The van der Waals surface area contributed by atoms with Crippen molar-refractivity contribution in [2.45, 2.75) is 51.8 Å². The van der Waals surface area contributed by atoms with Gasteiger partial charge < -0.3 is 15.4 Å². The molecule has 1 aromatic carbocycles. The maximum absolute atomic E-state index is 11.8. The standard InChI is InChI=1S/C17H24BrClN2O2/c1-17(2,3)23-16(22)21-10-15(11-4-5-11)20-9-12-8-13(18)6-7-14(12)19/h6-8,11,15,20H,4-5,9-10H2,1-3H3,(H,21,22). The van der Waals surface area contributed by atoms with Crippen LogP contribution in [0, 0.1) is 5.92 Å². The van der Waals surface area contributed by atoms with Crippen LogP contribution < -0.4 is 10.6 Å². The number of nitrogens with one attached hydrogen (secondary N) is 2. The monoisotopic (exact) mass is 402 g/mol. The predicted molar refractivity (Wildman–Crippen MR) is 96.7 cm³/mol. The fraction of sp³-hybridized carbons (Fsp3) is 0.588. The maximum Gasteiger partial charge on any atom is 0.407 e. The molecule has 1 atom stereocenters. The summed E-state index contributed by atoms with van der Waals surface area (Å²) in [7, 11) is 0. The molecule has 1 aliphatic carbocycles. The van der Waals surface area contributed by atoms with E-state index < -0.39 is 5.60 Å². The van der Waals surface area contributed by atoms with E-state index in [0.717, 1.165) is 15.1 Å². The molecule has 1 unspecified atom stereocenters. The molecule has 1 aliphatic rings. The second kappa shape index (κ2) is 7.86. The molecule has 0 aromatic heterocycles. The number of alkyl carbamates (subject to hydrolysis) is 1. The second-order valence-corrected chi connectivity index (χ2v) is 8.27. The quantitative estimate of drug-likeness (QED) is 0.735. The Labute approximate surface area is 151 Å². The summed E-state index contributed by atoms with van der Waals surface area (Å²) in [5, 5.41) is 7.11. The number of benzene rings is 1. The van der Waals surface area contributed by atoms with Crippen LogP contribution in [-0.4, -0.2) is 24.3 Å². The molecule has 1 saturated carbocycles. The first-order chi connectivity index (χ1) is 10.7. The van der Waals surface area contributed by atoms with E-state index in [1.807, 2.05) is 39.0 Å².